The van der Waals surface area contributed by atoms with Gasteiger partial charge in [0.25, 0.3) is 5.91 Å². The first-order valence-electron chi connectivity index (χ1n) is 6.69. The molecule has 1 heterocycles. The molecule has 0 fully saturated rings. The monoisotopic (exact) mass is 296 g/mol. The minimum absolute atomic E-state index is 0.0553. The van der Waals surface area contributed by atoms with Gasteiger partial charge >= 0.3 is 5.97 Å². The SMILES string of the molecule is COCCOCCCCNC(=O)c1ccc(C(=O)O)cn1. The molecule has 1 aromatic heterocycles. The molecule has 0 bridgehead atoms. The zero-order chi connectivity index (χ0) is 15.5. The fraction of sp³-hybridized carbons (Fsp3) is 0.500. The van der Waals surface area contributed by atoms with Crippen LogP contribution in [-0.2, 0) is 9.47 Å². The Morgan fingerprint density at radius 2 is 2.05 bits per heavy atom. The molecule has 0 atom stereocenters. The molecule has 7 heteroatoms. The maximum atomic E-state index is 11.7. The number of unbranched alkanes of at least 4 members (excludes halogenated alkanes) is 1. The summed E-state index contributed by atoms with van der Waals surface area (Å²) >= 11 is 0. The summed E-state index contributed by atoms with van der Waals surface area (Å²) in [5.74, 6) is -1.38. The standard InChI is InChI=1S/C14H20N2O5/c1-20-8-9-21-7-3-2-6-15-13(17)12-5-4-11(10-16-12)14(18)19/h4-5,10H,2-3,6-9H2,1H3,(H,15,17)(H,18,19). The van der Waals surface area contributed by atoms with Crippen molar-refractivity contribution in [2.45, 2.75) is 12.8 Å². The highest BCUT2D eigenvalue weighted by molar-refractivity contribution is 5.93. The first-order valence-corrected chi connectivity index (χ1v) is 6.69. The van der Waals surface area contributed by atoms with E-state index in [9.17, 15) is 9.59 Å². The topological polar surface area (TPSA) is 97.8 Å². The van der Waals surface area contributed by atoms with Crippen molar-refractivity contribution in [3.8, 4) is 0 Å². The predicted octanol–water partition coefficient (Wildman–Crippen LogP) is 0.953. The van der Waals surface area contributed by atoms with Crippen LogP contribution in [0.1, 0.15) is 33.7 Å². The minimum atomic E-state index is -1.07. The summed E-state index contributed by atoms with van der Waals surface area (Å²) in [4.78, 5) is 26.2. The van der Waals surface area contributed by atoms with Crippen molar-refractivity contribution in [1.82, 2.24) is 10.3 Å². The number of aromatic carboxylic acids is 1. The molecule has 0 unspecified atom stereocenters. The molecule has 7 nitrogen and oxygen atoms in total. The number of ether oxygens (including phenoxy) is 2. The molecule has 0 saturated carbocycles. The van der Waals surface area contributed by atoms with Crippen LogP contribution in [0.3, 0.4) is 0 Å². The number of carbonyl (C=O) groups excluding carboxylic acids is 1. The van der Waals surface area contributed by atoms with E-state index in [4.69, 9.17) is 14.6 Å². The number of nitrogens with one attached hydrogen (secondary N) is 1. The van der Waals surface area contributed by atoms with Gasteiger partial charge in [-0.25, -0.2) is 4.79 Å². The zero-order valence-corrected chi connectivity index (χ0v) is 12.0. The van der Waals surface area contributed by atoms with Crippen molar-refractivity contribution in [2.24, 2.45) is 0 Å². The Morgan fingerprint density at radius 1 is 1.24 bits per heavy atom. The lowest BCUT2D eigenvalue weighted by atomic mass is 10.2. The van der Waals surface area contributed by atoms with Gasteiger partial charge in [0.2, 0.25) is 0 Å². The third-order valence-corrected chi connectivity index (χ3v) is 2.68. The van der Waals surface area contributed by atoms with Gasteiger partial charge in [-0.05, 0) is 25.0 Å². The van der Waals surface area contributed by atoms with Crippen LogP contribution in [0.25, 0.3) is 0 Å². The first-order chi connectivity index (χ1) is 10.1. The molecule has 1 rings (SSSR count). The number of amides is 1. The number of nitrogens with zero attached hydrogens (tertiary/aromatic N) is 1. The number of carbonyl (C=O) groups is 2. The number of carboxylic acids is 1. The molecular weight excluding hydrogens is 276 g/mol. The second-order valence-electron chi connectivity index (χ2n) is 4.31. The molecule has 1 aromatic rings. The van der Waals surface area contributed by atoms with Crippen LogP contribution in [0.4, 0.5) is 0 Å². The van der Waals surface area contributed by atoms with Crippen LogP contribution in [0.5, 0.6) is 0 Å². The summed E-state index contributed by atoms with van der Waals surface area (Å²) in [6.45, 7) is 2.30. The highest BCUT2D eigenvalue weighted by Crippen LogP contribution is 2.00. The van der Waals surface area contributed by atoms with Gasteiger partial charge in [0.15, 0.2) is 0 Å². The number of hydrogen-bond acceptors (Lipinski definition) is 5. The lowest BCUT2D eigenvalue weighted by Crippen LogP contribution is -2.25. The summed E-state index contributed by atoms with van der Waals surface area (Å²) in [6, 6.07) is 2.75. The van der Waals surface area contributed by atoms with Gasteiger partial charge in [0, 0.05) is 26.5 Å². The van der Waals surface area contributed by atoms with Crippen molar-refractivity contribution >= 4 is 11.9 Å². The molecule has 0 aromatic carbocycles. The van der Waals surface area contributed by atoms with Crippen molar-refractivity contribution < 1.29 is 24.2 Å². The second kappa shape index (κ2) is 9.84. The molecule has 116 valence electrons. The molecule has 0 aliphatic carbocycles. The van der Waals surface area contributed by atoms with E-state index < -0.39 is 5.97 Å². The summed E-state index contributed by atoms with van der Waals surface area (Å²) in [7, 11) is 1.62. The average Bonchev–Trinajstić information content (AvgIpc) is 2.49. The normalized spacial score (nSPS) is 10.3. The maximum absolute atomic E-state index is 11.7. The Bertz CT molecular complexity index is 447. The van der Waals surface area contributed by atoms with Gasteiger partial charge in [0.05, 0.1) is 18.8 Å². The Kier molecular flexibility index (Phi) is 8.00. The van der Waals surface area contributed by atoms with Crippen molar-refractivity contribution in [3.05, 3.63) is 29.6 Å². The van der Waals surface area contributed by atoms with Gasteiger partial charge in [-0.3, -0.25) is 9.78 Å². The number of pyridine rings is 1. The molecule has 0 spiro atoms. The number of hydrogen-bond donors (Lipinski definition) is 2. The van der Waals surface area contributed by atoms with Crippen LogP contribution in [0, 0.1) is 0 Å². The lowest BCUT2D eigenvalue weighted by molar-refractivity contribution is 0.0686. The van der Waals surface area contributed by atoms with Crippen LogP contribution < -0.4 is 5.32 Å². The van der Waals surface area contributed by atoms with E-state index in [0.717, 1.165) is 12.8 Å². The largest absolute Gasteiger partial charge is 0.478 e. The molecule has 2 N–H and O–H groups in total. The van der Waals surface area contributed by atoms with Gasteiger partial charge in [0.1, 0.15) is 5.69 Å². The van der Waals surface area contributed by atoms with E-state index in [1.165, 1.54) is 18.3 Å². The smallest absolute Gasteiger partial charge is 0.337 e. The van der Waals surface area contributed by atoms with Crippen molar-refractivity contribution in [3.63, 3.8) is 0 Å². The van der Waals surface area contributed by atoms with Gasteiger partial charge < -0.3 is 19.9 Å². The summed E-state index contributed by atoms with van der Waals surface area (Å²) in [5.41, 5.74) is 0.260. The van der Waals surface area contributed by atoms with E-state index in [1.54, 1.807) is 7.11 Å². The Labute approximate surface area is 123 Å². The zero-order valence-electron chi connectivity index (χ0n) is 12.0. The van der Waals surface area contributed by atoms with Crippen molar-refractivity contribution in [2.75, 3.05) is 33.5 Å². The average molecular weight is 296 g/mol. The molecule has 0 saturated heterocycles. The Hall–Kier alpha value is -1.99. The fourth-order valence-corrected chi connectivity index (χ4v) is 1.52. The minimum Gasteiger partial charge on any atom is -0.478 e. The quantitative estimate of drug-likeness (QED) is 0.624. The van der Waals surface area contributed by atoms with Crippen LogP contribution >= 0.6 is 0 Å². The molecular formula is C14H20N2O5. The van der Waals surface area contributed by atoms with Crippen molar-refractivity contribution in [1.29, 1.82) is 0 Å². The lowest BCUT2D eigenvalue weighted by Gasteiger charge is -2.06. The van der Waals surface area contributed by atoms with E-state index >= 15 is 0 Å². The van der Waals surface area contributed by atoms with Crippen LogP contribution in [0.15, 0.2) is 18.3 Å². The molecule has 0 aliphatic heterocycles. The summed E-state index contributed by atoms with van der Waals surface area (Å²) in [5, 5.41) is 11.5. The number of rotatable bonds is 10. The number of aromatic nitrogens is 1. The van der Waals surface area contributed by atoms with Gasteiger partial charge in [-0.1, -0.05) is 0 Å². The third-order valence-electron chi connectivity index (χ3n) is 2.68. The van der Waals surface area contributed by atoms with Gasteiger partial charge in [-0.2, -0.15) is 0 Å². The van der Waals surface area contributed by atoms with E-state index in [1.807, 2.05) is 0 Å². The second-order valence-corrected chi connectivity index (χ2v) is 4.31. The summed E-state index contributed by atoms with van der Waals surface area (Å²) in [6.07, 6.45) is 2.81. The fourth-order valence-electron chi connectivity index (χ4n) is 1.52. The number of carboxylic acid groups (broad SMARTS) is 1. The maximum Gasteiger partial charge on any atom is 0.337 e. The highest BCUT2D eigenvalue weighted by Gasteiger charge is 2.08. The highest BCUT2D eigenvalue weighted by atomic mass is 16.5. The summed E-state index contributed by atoms with van der Waals surface area (Å²) < 4.78 is 10.1. The van der Waals surface area contributed by atoms with Crippen LogP contribution in [0.2, 0.25) is 0 Å². The Morgan fingerprint density at radius 3 is 2.67 bits per heavy atom. The molecule has 1 amide bonds. The van der Waals surface area contributed by atoms with Gasteiger partial charge in [-0.15, -0.1) is 0 Å². The Balaban J connectivity index is 2.17. The van der Waals surface area contributed by atoms with E-state index in [2.05, 4.69) is 10.3 Å². The predicted molar refractivity (Wildman–Crippen MR) is 75.5 cm³/mol. The molecule has 0 radical (unpaired) electrons. The van der Waals surface area contributed by atoms with E-state index in [0.29, 0.717) is 26.4 Å². The van der Waals surface area contributed by atoms with Crippen LogP contribution in [-0.4, -0.2) is 55.4 Å². The first kappa shape index (κ1) is 17.1. The molecule has 21 heavy (non-hydrogen) atoms. The number of methoxy groups -OCH3 is 1. The van der Waals surface area contributed by atoms with E-state index in [-0.39, 0.29) is 17.2 Å². The third kappa shape index (κ3) is 6.82. The molecule has 0 aliphatic rings.